The first-order chi connectivity index (χ1) is 12.7. The molecule has 1 amide bonds. The van der Waals surface area contributed by atoms with Crippen LogP contribution in [0, 0.1) is 5.92 Å². The van der Waals surface area contributed by atoms with Crippen LogP contribution in [0.15, 0.2) is 21.5 Å². The molecule has 3 heterocycles. The lowest BCUT2D eigenvalue weighted by Gasteiger charge is -2.38. The Hall–Kier alpha value is -2.44. The number of nitrogens with zero attached hydrogens (tertiary/aromatic N) is 4. The van der Waals surface area contributed by atoms with Gasteiger partial charge in [0.25, 0.3) is 11.5 Å². The number of likely N-dealkylation sites (tertiary alicyclic amines) is 1. The van der Waals surface area contributed by atoms with Crippen LogP contribution in [-0.2, 0) is 19.4 Å². The second kappa shape index (κ2) is 6.07. The van der Waals surface area contributed by atoms with Gasteiger partial charge in [0.1, 0.15) is 5.76 Å². The summed E-state index contributed by atoms with van der Waals surface area (Å²) in [6.07, 6.45) is 6.28. The van der Waals surface area contributed by atoms with Crippen LogP contribution in [0.25, 0.3) is 0 Å². The highest BCUT2D eigenvalue weighted by Gasteiger charge is 2.35. The highest BCUT2D eigenvalue weighted by atomic mass is 16.5. The summed E-state index contributed by atoms with van der Waals surface area (Å²) in [5.41, 5.74) is 2.44. The van der Waals surface area contributed by atoms with Crippen molar-refractivity contribution >= 4 is 5.91 Å². The Labute approximate surface area is 151 Å². The molecule has 2 aromatic rings. The van der Waals surface area contributed by atoms with Gasteiger partial charge in [0.2, 0.25) is 0 Å². The molecule has 2 aliphatic carbocycles. The van der Waals surface area contributed by atoms with Gasteiger partial charge < -0.3 is 9.42 Å². The maximum absolute atomic E-state index is 12.7. The first-order valence-electron chi connectivity index (χ1n) is 9.54. The van der Waals surface area contributed by atoms with Crippen molar-refractivity contribution in [3.63, 3.8) is 0 Å². The number of hydrogen-bond acceptors (Lipinski definition) is 5. The predicted octanol–water partition coefficient (Wildman–Crippen LogP) is 1.76. The molecule has 0 spiro atoms. The summed E-state index contributed by atoms with van der Waals surface area (Å²) in [4.78, 5) is 26.5. The zero-order valence-electron chi connectivity index (χ0n) is 14.7. The van der Waals surface area contributed by atoms with Gasteiger partial charge in [-0.3, -0.25) is 9.59 Å². The fraction of sp³-hybridized carbons (Fsp3) is 0.579. The second-order valence-corrected chi connectivity index (χ2v) is 7.77. The molecule has 7 nitrogen and oxygen atoms in total. The van der Waals surface area contributed by atoms with E-state index in [4.69, 9.17) is 4.52 Å². The number of aromatic nitrogens is 3. The molecule has 3 aliphatic rings. The van der Waals surface area contributed by atoms with Gasteiger partial charge in [-0.25, -0.2) is 4.68 Å². The van der Waals surface area contributed by atoms with Gasteiger partial charge in [-0.05, 0) is 38.2 Å². The lowest BCUT2D eigenvalue weighted by atomic mass is 9.94. The molecule has 7 heteroatoms. The van der Waals surface area contributed by atoms with Crippen molar-refractivity contribution < 1.29 is 9.32 Å². The van der Waals surface area contributed by atoms with Gasteiger partial charge in [0.05, 0.1) is 12.2 Å². The minimum atomic E-state index is -0.0650. The number of rotatable bonds is 4. The quantitative estimate of drug-likeness (QED) is 0.836. The van der Waals surface area contributed by atoms with Crippen molar-refractivity contribution in [2.75, 3.05) is 13.1 Å². The third kappa shape index (κ3) is 2.75. The van der Waals surface area contributed by atoms with E-state index in [1.54, 1.807) is 15.6 Å². The topological polar surface area (TPSA) is 81.2 Å². The monoisotopic (exact) mass is 354 g/mol. The summed E-state index contributed by atoms with van der Waals surface area (Å²) in [5, 5.41) is 8.53. The molecule has 1 saturated heterocycles. The molecule has 2 aromatic heterocycles. The fourth-order valence-electron chi connectivity index (χ4n) is 3.99. The van der Waals surface area contributed by atoms with Crippen LogP contribution in [0.4, 0.5) is 0 Å². The third-order valence-corrected chi connectivity index (χ3v) is 5.71. The van der Waals surface area contributed by atoms with Crippen LogP contribution in [0.2, 0.25) is 0 Å². The molecule has 136 valence electrons. The number of aryl methyl sites for hydroxylation is 1. The van der Waals surface area contributed by atoms with E-state index in [9.17, 15) is 9.59 Å². The Kier molecular flexibility index (Phi) is 3.69. The van der Waals surface area contributed by atoms with E-state index in [1.807, 2.05) is 6.07 Å². The molecule has 0 radical (unpaired) electrons. The van der Waals surface area contributed by atoms with Crippen molar-refractivity contribution in [2.24, 2.45) is 5.92 Å². The highest BCUT2D eigenvalue weighted by Crippen LogP contribution is 2.38. The Balaban J connectivity index is 1.24. The molecule has 0 N–H and O–H groups in total. The summed E-state index contributed by atoms with van der Waals surface area (Å²) in [6.45, 7) is 1.85. The highest BCUT2D eigenvalue weighted by molar-refractivity contribution is 5.94. The normalized spacial score (nSPS) is 19.9. The zero-order valence-corrected chi connectivity index (χ0v) is 14.7. The second-order valence-electron chi connectivity index (χ2n) is 7.77. The molecular weight excluding hydrogens is 332 g/mol. The van der Waals surface area contributed by atoms with Crippen LogP contribution < -0.4 is 5.56 Å². The number of fused-ring (bicyclic) bond motifs is 1. The van der Waals surface area contributed by atoms with E-state index in [2.05, 4.69) is 10.3 Å². The van der Waals surface area contributed by atoms with Gasteiger partial charge in [-0.2, -0.15) is 5.10 Å². The van der Waals surface area contributed by atoms with Crippen LogP contribution in [0.3, 0.4) is 0 Å². The molecule has 1 aliphatic heterocycles. The SMILES string of the molecule is O=C(c1noc2c1CCCC2)N1CC(Cn2nc(C3CC3)ccc2=O)C1. The molecule has 0 aromatic carbocycles. The van der Waals surface area contributed by atoms with Gasteiger partial charge in [0.15, 0.2) is 5.69 Å². The Bertz CT molecular complexity index is 906. The van der Waals surface area contributed by atoms with Crippen molar-refractivity contribution in [1.29, 1.82) is 0 Å². The number of hydrogen-bond donors (Lipinski definition) is 0. The molecule has 0 bridgehead atoms. The average Bonchev–Trinajstić information content (AvgIpc) is 3.37. The molecule has 2 fully saturated rings. The Morgan fingerprint density at radius 3 is 2.81 bits per heavy atom. The van der Waals surface area contributed by atoms with Gasteiger partial charge >= 0.3 is 0 Å². The van der Waals surface area contributed by atoms with Crippen LogP contribution in [0.5, 0.6) is 0 Å². The van der Waals surface area contributed by atoms with Crippen LogP contribution in [-0.4, -0.2) is 38.8 Å². The Morgan fingerprint density at radius 1 is 1.19 bits per heavy atom. The van der Waals surface area contributed by atoms with Crippen LogP contribution in [0.1, 0.15) is 59.1 Å². The first-order valence-corrected chi connectivity index (χ1v) is 9.54. The largest absolute Gasteiger partial charge is 0.360 e. The smallest absolute Gasteiger partial charge is 0.276 e. The summed E-state index contributed by atoms with van der Waals surface area (Å²) in [5.74, 6) is 1.63. The third-order valence-electron chi connectivity index (χ3n) is 5.71. The van der Waals surface area contributed by atoms with Crippen molar-refractivity contribution in [1.82, 2.24) is 19.8 Å². The number of carbonyl (C=O) groups is 1. The maximum atomic E-state index is 12.7. The molecule has 0 unspecified atom stereocenters. The number of carbonyl (C=O) groups excluding carboxylic acids is 1. The van der Waals surface area contributed by atoms with Crippen LogP contribution >= 0.6 is 0 Å². The Morgan fingerprint density at radius 2 is 2.00 bits per heavy atom. The number of amides is 1. The van der Waals surface area contributed by atoms with Gasteiger partial charge in [0, 0.05) is 43.0 Å². The maximum Gasteiger partial charge on any atom is 0.276 e. The summed E-state index contributed by atoms with van der Waals surface area (Å²) in [6, 6.07) is 3.46. The summed E-state index contributed by atoms with van der Waals surface area (Å²) < 4.78 is 6.92. The van der Waals surface area contributed by atoms with Crippen molar-refractivity contribution in [2.45, 2.75) is 51.0 Å². The summed E-state index contributed by atoms with van der Waals surface area (Å²) >= 11 is 0. The minimum Gasteiger partial charge on any atom is -0.360 e. The van der Waals surface area contributed by atoms with E-state index in [0.717, 1.165) is 42.7 Å². The fourth-order valence-corrected chi connectivity index (χ4v) is 3.99. The lowest BCUT2D eigenvalue weighted by molar-refractivity contribution is 0.0447. The molecule has 0 atom stereocenters. The van der Waals surface area contributed by atoms with E-state index in [0.29, 0.717) is 31.2 Å². The van der Waals surface area contributed by atoms with Crippen molar-refractivity contribution in [3.8, 4) is 0 Å². The van der Waals surface area contributed by atoms with E-state index >= 15 is 0 Å². The molecule has 1 saturated carbocycles. The average molecular weight is 354 g/mol. The zero-order chi connectivity index (χ0) is 17.7. The lowest BCUT2D eigenvalue weighted by Crippen LogP contribution is -2.52. The standard InChI is InChI=1S/C19H22N4O3/c24-17-8-7-15(13-5-6-13)20-23(17)11-12-9-22(10-12)19(25)18-14-3-1-2-4-16(14)26-21-18/h7-8,12-13H,1-6,9-11H2. The molecule has 5 rings (SSSR count). The van der Waals surface area contributed by atoms with E-state index in [-0.39, 0.29) is 17.4 Å². The van der Waals surface area contributed by atoms with Crippen molar-refractivity contribution in [3.05, 3.63) is 45.2 Å². The van der Waals surface area contributed by atoms with E-state index < -0.39 is 0 Å². The summed E-state index contributed by atoms with van der Waals surface area (Å²) in [7, 11) is 0. The first kappa shape index (κ1) is 15.8. The van der Waals surface area contributed by atoms with E-state index in [1.165, 1.54) is 12.8 Å². The van der Waals surface area contributed by atoms with Gasteiger partial charge in [-0.15, -0.1) is 0 Å². The molecule has 26 heavy (non-hydrogen) atoms. The molecular formula is C19H22N4O3. The van der Waals surface area contributed by atoms with Gasteiger partial charge in [-0.1, -0.05) is 5.16 Å². The predicted molar refractivity (Wildman–Crippen MR) is 93.0 cm³/mol. The minimum absolute atomic E-state index is 0.0415.